The van der Waals surface area contributed by atoms with Gasteiger partial charge in [0.25, 0.3) is 5.91 Å². The van der Waals surface area contributed by atoms with E-state index in [1.54, 1.807) is 0 Å². The number of benzene rings is 1. The van der Waals surface area contributed by atoms with E-state index in [1.807, 2.05) is 47.5 Å². The summed E-state index contributed by atoms with van der Waals surface area (Å²) in [6, 6.07) is 14.1. The Morgan fingerprint density at radius 1 is 1.21 bits per heavy atom. The highest BCUT2D eigenvalue weighted by atomic mass is 16.5. The summed E-state index contributed by atoms with van der Waals surface area (Å²) in [5.74, 6) is 1.57. The first-order valence-corrected chi connectivity index (χ1v) is 10.1. The van der Waals surface area contributed by atoms with Crippen LogP contribution in [0.4, 0.5) is 0 Å². The Kier molecular flexibility index (Phi) is 7.04. The maximum Gasteiger partial charge on any atom is 0.260 e. The molecule has 1 fully saturated rings. The van der Waals surface area contributed by atoms with E-state index in [4.69, 9.17) is 4.74 Å². The van der Waals surface area contributed by atoms with Crippen LogP contribution < -0.4 is 4.74 Å². The van der Waals surface area contributed by atoms with Crippen molar-refractivity contribution in [2.75, 3.05) is 26.7 Å². The van der Waals surface area contributed by atoms with Crippen molar-refractivity contribution in [2.45, 2.75) is 39.3 Å². The van der Waals surface area contributed by atoms with Gasteiger partial charge in [0.05, 0.1) is 5.69 Å². The monoisotopic (exact) mass is 381 g/mol. The van der Waals surface area contributed by atoms with Crippen LogP contribution in [0.15, 0.2) is 48.7 Å². The van der Waals surface area contributed by atoms with E-state index in [9.17, 15) is 4.79 Å². The molecule has 1 aliphatic rings. The summed E-state index contributed by atoms with van der Waals surface area (Å²) in [4.78, 5) is 21.1. The van der Waals surface area contributed by atoms with Crippen LogP contribution in [-0.4, -0.2) is 47.4 Å². The summed E-state index contributed by atoms with van der Waals surface area (Å²) in [6.07, 6.45) is 3.99. The van der Waals surface area contributed by atoms with E-state index < -0.39 is 0 Å². The molecule has 0 radical (unpaired) electrons. The summed E-state index contributed by atoms with van der Waals surface area (Å²) in [5.41, 5.74) is 2.12. The quantitative estimate of drug-likeness (QED) is 0.729. The summed E-state index contributed by atoms with van der Waals surface area (Å²) in [6.45, 7) is 6.91. The van der Waals surface area contributed by atoms with Crippen LogP contribution in [0.5, 0.6) is 5.75 Å². The molecule has 5 nitrogen and oxygen atoms in total. The molecule has 1 unspecified atom stereocenters. The van der Waals surface area contributed by atoms with Gasteiger partial charge in [-0.05, 0) is 50.9 Å². The molecule has 0 aliphatic carbocycles. The van der Waals surface area contributed by atoms with Crippen LogP contribution in [-0.2, 0) is 11.3 Å². The Labute approximate surface area is 168 Å². The molecule has 3 rings (SSSR count). The SMILES string of the molecule is CC1CCN(C(=O)COc2ccccc2CN(C)C(C)c2ccccn2)CC1. The number of para-hydroxylation sites is 1. The maximum absolute atomic E-state index is 12.5. The van der Waals surface area contributed by atoms with Gasteiger partial charge in [-0.2, -0.15) is 0 Å². The van der Waals surface area contributed by atoms with Crippen LogP contribution >= 0.6 is 0 Å². The van der Waals surface area contributed by atoms with Crippen LogP contribution in [0, 0.1) is 5.92 Å². The second-order valence-electron chi connectivity index (χ2n) is 7.81. The largest absolute Gasteiger partial charge is 0.483 e. The highest BCUT2D eigenvalue weighted by molar-refractivity contribution is 5.77. The first-order chi connectivity index (χ1) is 13.5. The normalized spacial score (nSPS) is 16.2. The minimum atomic E-state index is 0.0805. The number of likely N-dealkylation sites (tertiary alicyclic amines) is 1. The Hall–Kier alpha value is -2.40. The molecule has 0 spiro atoms. The van der Waals surface area contributed by atoms with Gasteiger partial charge in [0.2, 0.25) is 0 Å². The van der Waals surface area contributed by atoms with E-state index in [1.165, 1.54) is 0 Å². The fraction of sp³-hybridized carbons (Fsp3) is 0.478. The number of ether oxygens (including phenoxy) is 1. The fourth-order valence-corrected chi connectivity index (χ4v) is 3.52. The summed E-state index contributed by atoms with van der Waals surface area (Å²) in [7, 11) is 2.08. The van der Waals surface area contributed by atoms with Crippen molar-refractivity contribution in [3.63, 3.8) is 0 Å². The van der Waals surface area contributed by atoms with Crippen LogP contribution in [0.1, 0.15) is 44.0 Å². The van der Waals surface area contributed by atoms with Crippen molar-refractivity contribution in [1.29, 1.82) is 0 Å². The molecule has 2 aromatic rings. The van der Waals surface area contributed by atoms with Crippen molar-refractivity contribution in [2.24, 2.45) is 5.92 Å². The molecular formula is C23H31N3O2. The van der Waals surface area contributed by atoms with Gasteiger partial charge >= 0.3 is 0 Å². The number of aromatic nitrogens is 1. The first kappa shape index (κ1) is 20.3. The smallest absolute Gasteiger partial charge is 0.260 e. The Balaban J connectivity index is 1.59. The zero-order chi connectivity index (χ0) is 19.9. The second-order valence-corrected chi connectivity index (χ2v) is 7.81. The molecule has 1 atom stereocenters. The van der Waals surface area contributed by atoms with Gasteiger partial charge in [-0.15, -0.1) is 0 Å². The molecule has 0 saturated carbocycles. The summed E-state index contributed by atoms with van der Waals surface area (Å²) >= 11 is 0. The molecule has 1 aromatic heterocycles. The molecule has 5 heteroatoms. The minimum absolute atomic E-state index is 0.0805. The van der Waals surface area contributed by atoms with Crippen molar-refractivity contribution >= 4 is 5.91 Å². The predicted molar refractivity (Wildman–Crippen MR) is 111 cm³/mol. The van der Waals surface area contributed by atoms with Crippen LogP contribution in [0.2, 0.25) is 0 Å². The number of carbonyl (C=O) groups is 1. The van der Waals surface area contributed by atoms with Crippen molar-refractivity contribution < 1.29 is 9.53 Å². The van der Waals surface area contributed by atoms with Crippen molar-refractivity contribution in [1.82, 2.24) is 14.8 Å². The molecule has 1 aromatic carbocycles. The van der Waals surface area contributed by atoms with Gasteiger partial charge < -0.3 is 9.64 Å². The van der Waals surface area contributed by atoms with E-state index in [0.717, 1.165) is 49.5 Å². The molecule has 0 N–H and O–H groups in total. The van der Waals surface area contributed by atoms with Crippen molar-refractivity contribution in [3.8, 4) is 5.75 Å². The number of amides is 1. The maximum atomic E-state index is 12.5. The number of piperidine rings is 1. The topological polar surface area (TPSA) is 45.7 Å². The van der Waals surface area contributed by atoms with Gasteiger partial charge in [-0.3, -0.25) is 14.7 Å². The Morgan fingerprint density at radius 2 is 1.93 bits per heavy atom. The average molecular weight is 382 g/mol. The standard InChI is InChI=1S/C23H31N3O2/c1-18-11-14-26(15-12-18)23(27)17-28-22-10-5-4-8-20(22)16-25(3)19(2)21-9-6-7-13-24-21/h4-10,13,18-19H,11-12,14-17H2,1-3H3. The molecule has 28 heavy (non-hydrogen) atoms. The Morgan fingerprint density at radius 3 is 2.64 bits per heavy atom. The van der Waals surface area contributed by atoms with E-state index in [-0.39, 0.29) is 18.6 Å². The third-order valence-corrected chi connectivity index (χ3v) is 5.66. The zero-order valence-electron chi connectivity index (χ0n) is 17.2. The van der Waals surface area contributed by atoms with Crippen molar-refractivity contribution in [3.05, 3.63) is 59.9 Å². The summed E-state index contributed by atoms with van der Waals surface area (Å²) < 4.78 is 5.93. The van der Waals surface area contributed by atoms with Crippen LogP contribution in [0.3, 0.4) is 0 Å². The van der Waals surface area contributed by atoms with E-state index in [2.05, 4.69) is 36.8 Å². The second kappa shape index (κ2) is 9.69. The van der Waals surface area contributed by atoms with Gasteiger partial charge in [-0.25, -0.2) is 0 Å². The van der Waals surface area contributed by atoms with Crippen LogP contribution in [0.25, 0.3) is 0 Å². The third-order valence-electron chi connectivity index (χ3n) is 5.66. The molecule has 0 bridgehead atoms. The fourth-order valence-electron chi connectivity index (χ4n) is 3.52. The number of hydrogen-bond acceptors (Lipinski definition) is 4. The zero-order valence-corrected chi connectivity index (χ0v) is 17.2. The molecular weight excluding hydrogens is 350 g/mol. The number of hydrogen-bond donors (Lipinski definition) is 0. The third kappa shape index (κ3) is 5.32. The molecule has 1 amide bonds. The lowest BCUT2D eigenvalue weighted by molar-refractivity contribution is -0.134. The van der Waals surface area contributed by atoms with Gasteiger partial charge in [0, 0.05) is 37.4 Å². The molecule has 150 valence electrons. The van der Waals surface area contributed by atoms with E-state index >= 15 is 0 Å². The lowest BCUT2D eigenvalue weighted by Crippen LogP contribution is -2.40. The lowest BCUT2D eigenvalue weighted by atomic mass is 9.99. The number of nitrogens with zero attached hydrogens (tertiary/aromatic N) is 3. The highest BCUT2D eigenvalue weighted by Crippen LogP contribution is 2.24. The number of pyridine rings is 1. The highest BCUT2D eigenvalue weighted by Gasteiger charge is 2.21. The average Bonchev–Trinajstić information content (AvgIpc) is 2.73. The van der Waals surface area contributed by atoms with Gasteiger partial charge in [0.1, 0.15) is 5.75 Å². The first-order valence-electron chi connectivity index (χ1n) is 10.1. The van der Waals surface area contributed by atoms with Gasteiger partial charge in [-0.1, -0.05) is 31.2 Å². The minimum Gasteiger partial charge on any atom is -0.483 e. The number of rotatable bonds is 7. The molecule has 1 saturated heterocycles. The van der Waals surface area contributed by atoms with Gasteiger partial charge in [0.15, 0.2) is 6.61 Å². The lowest BCUT2D eigenvalue weighted by Gasteiger charge is -2.30. The predicted octanol–water partition coefficient (Wildman–Crippen LogP) is 3.91. The molecule has 2 heterocycles. The number of carbonyl (C=O) groups excluding carboxylic acids is 1. The summed E-state index contributed by atoms with van der Waals surface area (Å²) in [5, 5.41) is 0. The van der Waals surface area contributed by atoms with E-state index in [0.29, 0.717) is 5.92 Å². The Bertz CT molecular complexity index is 757. The molecule has 1 aliphatic heterocycles.